The number of halogens is 7. The Morgan fingerprint density at radius 3 is 2.09 bits per heavy atom. The van der Waals surface area contributed by atoms with Crippen LogP contribution in [0, 0.1) is 0 Å². The van der Waals surface area contributed by atoms with Crippen LogP contribution in [0.25, 0.3) is 11.1 Å². The standard InChI is InChI=1S/C30H29ClF6N4O2/c1-17(42)39-21-9-10-41(16-21)26-14-23(22-7-5-6-8-24(22)31)25(15-38-26)40(4)27(43)28(2,3)18-11-19(29(32,33)34)13-20(12-18)30(35,36)37/h5-8,11-15,21H,9-10,16H2,1-4H3,(H,39,42). The second-order valence-corrected chi connectivity index (χ2v) is 11.4. The number of anilines is 2. The quantitative estimate of drug-likeness (QED) is 0.297. The van der Waals surface area contributed by atoms with Gasteiger partial charge in [-0.15, -0.1) is 0 Å². The lowest BCUT2D eigenvalue weighted by Gasteiger charge is -2.32. The van der Waals surface area contributed by atoms with Crippen molar-refractivity contribution in [1.82, 2.24) is 10.3 Å². The van der Waals surface area contributed by atoms with E-state index in [2.05, 4.69) is 10.3 Å². The number of alkyl halides is 6. The van der Waals surface area contributed by atoms with Crippen LogP contribution in [0.4, 0.5) is 37.8 Å². The van der Waals surface area contributed by atoms with Crippen molar-refractivity contribution >= 4 is 34.9 Å². The number of likely N-dealkylation sites (N-methyl/N-ethyl adjacent to an activating group) is 1. The Hall–Kier alpha value is -3.80. The maximum absolute atomic E-state index is 13.9. The second-order valence-electron chi connectivity index (χ2n) is 11.0. The molecule has 2 heterocycles. The Morgan fingerprint density at radius 2 is 1.53 bits per heavy atom. The van der Waals surface area contributed by atoms with Crippen LogP contribution < -0.4 is 15.1 Å². The third-order valence-electron chi connectivity index (χ3n) is 7.46. The van der Waals surface area contributed by atoms with E-state index in [1.165, 1.54) is 34.0 Å². The predicted octanol–water partition coefficient (Wildman–Crippen LogP) is 7.10. The van der Waals surface area contributed by atoms with Crippen LogP contribution in [0.1, 0.15) is 43.9 Å². The molecule has 1 aliphatic heterocycles. The Bertz CT molecular complexity index is 1510. The Balaban J connectivity index is 1.77. The highest BCUT2D eigenvalue weighted by Crippen LogP contribution is 2.42. The molecule has 1 N–H and O–H groups in total. The molecule has 0 bridgehead atoms. The first-order valence-electron chi connectivity index (χ1n) is 13.2. The lowest BCUT2D eigenvalue weighted by molar-refractivity contribution is -0.143. The molecule has 1 atom stereocenters. The molecule has 2 amide bonds. The molecule has 0 aliphatic carbocycles. The molecule has 230 valence electrons. The summed E-state index contributed by atoms with van der Waals surface area (Å²) in [4.78, 5) is 33.0. The first kappa shape index (κ1) is 32.1. The first-order valence-corrected chi connectivity index (χ1v) is 13.6. The molecule has 1 saturated heterocycles. The van der Waals surface area contributed by atoms with Crippen LogP contribution >= 0.6 is 11.6 Å². The van der Waals surface area contributed by atoms with E-state index < -0.39 is 40.4 Å². The van der Waals surface area contributed by atoms with Gasteiger partial charge in [0.15, 0.2) is 0 Å². The monoisotopic (exact) mass is 626 g/mol. The summed E-state index contributed by atoms with van der Waals surface area (Å²) in [5, 5.41) is 3.23. The minimum absolute atomic E-state index is 0.0285. The molecule has 1 aromatic heterocycles. The van der Waals surface area contributed by atoms with E-state index >= 15 is 0 Å². The van der Waals surface area contributed by atoms with Crippen molar-refractivity contribution in [3.63, 3.8) is 0 Å². The van der Waals surface area contributed by atoms with E-state index in [1.807, 2.05) is 4.90 Å². The summed E-state index contributed by atoms with van der Waals surface area (Å²) >= 11 is 6.52. The van der Waals surface area contributed by atoms with Gasteiger partial charge in [0.2, 0.25) is 11.8 Å². The van der Waals surface area contributed by atoms with E-state index in [0.717, 1.165) is 4.90 Å². The van der Waals surface area contributed by atoms with Crippen molar-refractivity contribution < 1.29 is 35.9 Å². The molecule has 2 aromatic carbocycles. The van der Waals surface area contributed by atoms with Gasteiger partial charge >= 0.3 is 12.4 Å². The fraction of sp³-hybridized carbons (Fsp3) is 0.367. The fourth-order valence-corrected chi connectivity index (χ4v) is 5.35. The van der Waals surface area contributed by atoms with Crippen molar-refractivity contribution in [3.05, 3.63) is 76.4 Å². The molecule has 0 spiro atoms. The number of hydrogen-bond acceptors (Lipinski definition) is 4. The smallest absolute Gasteiger partial charge is 0.354 e. The summed E-state index contributed by atoms with van der Waals surface area (Å²) in [6, 6.07) is 9.62. The summed E-state index contributed by atoms with van der Waals surface area (Å²) in [6.45, 7) is 5.06. The van der Waals surface area contributed by atoms with Crippen molar-refractivity contribution in [2.45, 2.75) is 51.0 Å². The number of benzene rings is 2. The summed E-state index contributed by atoms with van der Waals surface area (Å²) < 4.78 is 81.4. The minimum atomic E-state index is -5.06. The van der Waals surface area contributed by atoms with Crippen molar-refractivity contribution in [3.8, 4) is 11.1 Å². The molecule has 13 heteroatoms. The average Bonchev–Trinajstić information content (AvgIpc) is 3.38. The van der Waals surface area contributed by atoms with Crippen LogP contribution in [0.3, 0.4) is 0 Å². The molecule has 0 radical (unpaired) electrons. The van der Waals surface area contributed by atoms with Crippen LogP contribution in [0.15, 0.2) is 54.7 Å². The topological polar surface area (TPSA) is 65.5 Å². The summed E-state index contributed by atoms with van der Waals surface area (Å²) in [5.74, 6) is -0.383. The van der Waals surface area contributed by atoms with E-state index in [9.17, 15) is 35.9 Å². The van der Waals surface area contributed by atoms with Crippen molar-refractivity contribution in [2.24, 2.45) is 0 Å². The number of rotatable bonds is 6. The molecule has 0 saturated carbocycles. The highest BCUT2D eigenvalue weighted by atomic mass is 35.5. The van der Waals surface area contributed by atoms with Gasteiger partial charge in [-0.3, -0.25) is 9.59 Å². The molecule has 1 fully saturated rings. The summed E-state index contributed by atoms with van der Waals surface area (Å²) in [6.07, 6.45) is -8.02. The SMILES string of the molecule is CC(=O)NC1CCN(c2cc(-c3ccccc3Cl)c(N(C)C(=O)C(C)(C)c3cc(C(F)(F)F)cc(C(F)(F)F)c3)cn2)C1. The number of amides is 2. The molecule has 43 heavy (non-hydrogen) atoms. The van der Waals surface area contributed by atoms with Gasteiger partial charge in [-0.05, 0) is 56.2 Å². The van der Waals surface area contributed by atoms with E-state index in [1.54, 1.807) is 30.3 Å². The van der Waals surface area contributed by atoms with Crippen LogP contribution in [0.2, 0.25) is 5.02 Å². The number of aromatic nitrogens is 1. The number of carbonyl (C=O) groups is 2. The number of pyridine rings is 1. The van der Waals surface area contributed by atoms with Gasteiger partial charge in [0.1, 0.15) is 5.82 Å². The largest absolute Gasteiger partial charge is 0.416 e. The molecule has 6 nitrogen and oxygen atoms in total. The third-order valence-corrected chi connectivity index (χ3v) is 7.79. The van der Waals surface area contributed by atoms with E-state index in [0.29, 0.717) is 53.6 Å². The van der Waals surface area contributed by atoms with Crippen LogP contribution in [0.5, 0.6) is 0 Å². The third kappa shape index (κ3) is 6.90. The van der Waals surface area contributed by atoms with Gasteiger partial charge in [-0.2, -0.15) is 26.3 Å². The van der Waals surface area contributed by atoms with Gasteiger partial charge < -0.3 is 15.1 Å². The summed E-state index contributed by atoms with van der Waals surface area (Å²) in [7, 11) is 1.38. The Kier molecular flexibility index (Phi) is 8.74. The zero-order valence-corrected chi connectivity index (χ0v) is 24.5. The zero-order valence-electron chi connectivity index (χ0n) is 23.7. The minimum Gasteiger partial charge on any atom is -0.354 e. The first-order chi connectivity index (χ1) is 19.9. The van der Waals surface area contributed by atoms with Gasteiger partial charge in [0.05, 0.1) is 28.4 Å². The Morgan fingerprint density at radius 1 is 0.953 bits per heavy atom. The van der Waals surface area contributed by atoms with Crippen molar-refractivity contribution in [2.75, 3.05) is 29.9 Å². The fourth-order valence-electron chi connectivity index (χ4n) is 5.11. The Labute approximate surface area is 249 Å². The maximum Gasteiger partial charge on any atom is 0.416 e. The maximum atomic E-state index is 13.9. The van der Waals surface area contributed by atoms with Gasteiger partial charge in [-0.1, -0.05) is 29.8 Å². The second kappa shape index (κ2) is 11.7. The number of hydrogen-bond donors (Lipinski definition) is 1. The van der Waals surface area contributed by atoms with Gasteiger partial charge in [0.25, 0.3) is 0 Å². The van der Waals surface area contributed by atoms with E-state index in [4.69, 9.17) is 11.6 Å². The van der Waals surface area contributed by atoms with Crippen LogP contribution in [-0.2, 0) is 27.4 Å². The normalized spacial score (nSPS) is 15.9. The predicted molar refractivity (Wildman–Crippen MR) is 152 cm³/mol. The zero-order chi connectivity index (χ0) is 31.9. The molecule has 1 aliphatic rings. The lowest BCUT2D eigenvalue weighted by Crippen LogP contribution is -2.42. The van der Waals surface area contributed by atoms with Gasteiger partial charge in [0, 0.05) is 49.3 Å². The van der Waals surface area contributed by atoms with Crippen LogP contribution in [-0.4, -0.2) is 43.0 Å². The average molecular weight is 627 g/mol. The number of nitrogens with zero attached hydrogens (tertiary/aromatic N) is 3. The summed E-state index contributed by atoms with van der Waals surface area (Å²) in [5.41, 5.74) is -4.01. The highest BCUT2D eigenvalue weighted by molar-refractivity contribution is 6.33. The number of carbonyl (C=O) groups excluding carboxylic acids is 2. The molecule has 4 rings (SSSR count). The molecular weight excluding hydrogens is 598 g/mol. The molecule has 3 aromatic rings. The van der Waals surface area contributed by atoms with Crippen molar-refractivity contribution in [1.29, 1.82) is 0 Å². The molecular formula is C30H29ClF6N4O2. The van der Waals surface area contributed by atoms with E-state index in [-0.39, 0.29) is 23.7 Å². The highest BCUT2D eigenvalue weighted by Gasteiger charge is 2.41. The van der Waals surface area contributed by atoms with Gasteiger partial charge in [-0.25, -0.2) is 4.98 Å². The number of nitrogens with one attached hydrogen (secondary N) is 1. The molecule has 1 unspecified atom stereocenters. The lowest BCUT2D eigenvalue weighted by atomic mass is 9.81.